The Morgan fingerprint density at radius 3 is 1.67 bits per heavy atom. The second kappa shape index (κ2) is 11.1. The molecular formula is C31H24F4O. The maximum Gasteiger partial charge on any atom is 0.201 e. The molecule has 1 nitrogen and oxygen atoms in total. The highest BCUT2D eigenvalue weighted by atomic mass is 19.2. The van der Waals surface area contributed by atoms with Gasteiger partial charge in [-0.15, -0.1) is 0 Å². The van der Waals surface area contributed by atoms with Crippen LogP contribution < -0.4 is 4.74 Å². The number of allylic oxidation sites excluding steroid dienone is 1. The molecule has 0 heterocycles. The number of rotatable bonds is 7. The van der Waals surface area contributed by atoms with Gasteiger partial charge < -0.3 is 4.74 Å². The summed E-state index contributed by atoms with van der Waals surface area (Å²) in [6.07, 6.45) is 6.93. The van der Waals surface area contributed by atoms with Crippen molar-refractivity contribution >= 4 is 18.2 Å². The van der Waals surface area contributed by atoms with Crippen LogP contribution in [0, 0.1) is 23.3 Å². The van der Waals surface area contributed by atoms with E-state index in [9.17, 15) is 17.6 Å². The number of benzene rings is 4. The van der Waals surface area contributed by atoms with Crippen LogP contribution in [0.25, 0.3) is 40.5 Å². The molecule has 0 spiro atoms. The van der Waals surface area contributed by atoms with Gasteiger partial charge in [0, 0.05) is 16.7 Å². The van der Waals surface area contributed by atoms with Gasteiger partial charge in [0.2, 0.25) is 5.82 Å². The first-order valence-electron chi connectivity index (χ1n) is 11.5. The summed E-state index contributed by atoms with van der Waals surface area (Å²) in [6, 6.07) is 19.8. The Morgan fingerprint density at radius 2 is 1.11 bits per heavy atom. The van der Waals surface area contributed by atoms with E-state index in [2.05, 4.69) is 0 Å². The lowest BCUT2D eigenvalue weighted by atomic mass is 10.00. The molecule has 0 atom stereocenters. The minimum atomic E-state index is -1.03. The van der Waals surface area contributed by atoms with Crippen molar-refractivity contribution in [1.82, 2.24) is 0 Å². The van der Waals surface area contributed by atoms with E-state index in [-0.39, 0.29) is 29.0 Å². The third kappa shape index (κ3) is 5.25. The Morgan fingerprint density at radius 1 is 0.583 bits per heavy atom. The second-order valence-corrected chi connectivity index (χ2v) is 8.08. The predicted octanol–water partition coefficient (Wildman–Crippen LogP) is 9.18. The van der Waals surface area contributed by atoms with E-state index in [0.717, 1.165) is 5.56 Å². The van der Waals surface area contributed by atoms with Crippen LogP contribution >= 0.6 is 0 Å². The lowest BCUT2D eigenvalue weighted by molar-refractivity contribution is 0.314. The third-order valence-electron chi connectivity index (χ3n) is 5.72. The number of hydrogen-bond acceptors (Lipinski definition) is 1. The Labute approximate surface area is 208 Å². The molecule has 4 aromatic rings. The van der Waals surface area contributed by atoms with E-state index >= 15 is 0 Å². The molecular weight excluding hydrogens is 464 g/mol. The van der Waals surface area contributed by atoms with Gasteiger partial charge in [-0.25, -0.2) is 13.2 Å². The van der Waals surface area contributed by atoms with E-state index < -0.39 is 23.3 Å². The number of hydrogen-bond donors (Lipinski definition) is 0. The zero-order valence-electron chi connectivity index (χ0n) is 19.9. The monoisotopic (exact) mass is 488 g/mol. The zero-order valence-corrected chi connectivity index (χ0v) is 19.9. The zero-order chi connectivity index (χ0) is 25.7. The van der Waals surface area contributed by atoms with E-state index in [1.807, 2.05) is 31.2 Å². The van der Waals surface area contributed by atoms with Crippen LogP contribution in [0.2, 0.25) is 0 Å². The van der Waals surface area contributed by atoms with Crippen molar-refractivity contribution in [3.8, 4) is 28.0 Å². The SMILES string of the molecule is CC=Cc1ccc(-c2ccc(C=Cc3ccc(-c4ccc(OCC)c(F)c4F)cc3)c(F)c2F)cc1. The third-order valence-corrected chi connectivity index (χ3v) is 5.72. The summed E-state index contributed by atoms with van der Waals surface area (Å²) >= 11 is 0. The van der Waals surface area contributed by atoms with Gasteiger partial charge in [0.1, 0.15) is 0 Å². The van der Waals surface area contributed by atoms with Crippen LogP contribution in [0.1, 0.15) is 30.5 Å². The van der Waals surface area contributed by atoms with Crippen molar-refractivity contribution in [3.05, 3.63) is 119 Å². The molecule has 0 aliphatic carbocycles. The van der Waals surface area contributed by atoms with E-state index in [1.165, 1.54) is 24.3 Å². The fraction of sp³-hybridized carbons (Fsp3) is 0.0968. The van der Waals surface area contributed by atoms with Crippen LogP contribution in [0.15, 0.2) is 78.9 Å². The molecule has 0 N–H and O–H groups in total. The largest absolute Gasteiger partial charge is 0.491 e. The molecule has 0 saturated carbocycles. The molecule has 0 radical (unpaired) electrons. The second-order valence-electron chi connectivity index (χ2n) is 8.08. The van der Waals surface area contributed by atoms with Gasteiger partial charge in [-0.3, -0.25) is 0 Å². The fourth-order valence-corrected chi connectivity index (χ4v) is 3.86. The maximum absolute atomic E-state index is 14.8. The standard InChI is InChI=1S/C31H24F4O/c1-3-5-20-6-11-22(12-7-20)25-17-16-24(28(32)29(25)33)15-10-21-8-13-23(14-9-21)26-18-19-27(36-4-2)31(35)30(26)34/h3,5-19H,4H2,1-2H3. The topological polar surface area (TPSA) is 9.23 Å². The average molecular weight is 489 g/mol. The Hall–Kier alpha value is -4.12. The van der Waals surface area contributed by atoms with Gasteiger partial charge in [-0.2, -0.15) is 4.39 Å². The molecule has 36 heavy (non-hydrogen) atoms. The first-order valence-corrected chi connectivity index (χ1v) is 11.5. The molecule has 0 aromatic heterocycles. The van der Waals surface area contributed by atoms with E-state index in [1.54, 1.807) is 55.5 Å². The molecule has 4 rings (SSSR count). The first-order chi connectivity index (χ1) is 17.4. The van der Waals surface area contributed by atoms with E-state index in [0.29, 0.717) is 16.7 Å². The Balaban J connectivity index is 1.54. The molecule has 4 aromatic carbocycles. The van der Waals surface area contributed by atoms with Crippen molar-refractivity contribution < 1.29 is 22.3 Å². The van der Waals surface area contributed by atoms with Crippen molar-refractivity contribution in [1.29, 1.82) is 0 Å². The molecule has 0 amide bonds. The van der Waals surface area contributed by atoms with Gasteiger partial charge in [-0.05, 0) is 48.2 Å². The molecule has 0 aliphatic rings. The van der Waals surface area contributed by atoms with Crippen LogP contribution in [-0.2, 0) is 0 Å². The summed E-state index contributed by atoms with van der Waals surface area (Å²) in [4.78, 5) is 0. The van der Waals surface area contributed by atoms with Gasteiger partial charge in [0.15, 0.2) is 23.2 Å². The van der Waals surface area contributed by atoms with Crippen LogP contribution in [0.5, 0.6) is 5.75 Å². The molecule has 0 unspecified atom stereocenters. The number of ether oxygens (including phenoxy) is 1. The minimum absolute atomic E-state index is 0.102. The highest BCUT2D eigenvalue weighted by Gasteiger charge is 2.16. The Bertz CT molecular complexity index is 1420. The molecule has 0 saturated heterocycles. The Kier molecular flexibility index (Phi) is 7.69. The van der Waals surface area contributed by atoms with Gasteiger partial charge >= 0.3 is 0 Å². The van der Waals surface area contributed by atoms with Crippen molar-refractivity contribution in [2.24, 2.45) is 0 Å². The lowest BCUT2D eigenvalue weighted by Crippen LogP contribution is -1.98. The summed E-state index contributed by atoms with van der Waals surface area (Å²) in [7, 11) is 0. The lowest BCUT2D eigenvalue weighted by Gasteiger charge is -2.09. The highest BCUT2D eigenvalue weighted by molar-refractivity contribution is 5.75. The molecule has 182 valence electrons. The summed E-state index contributed by atoms with van der Waals surface area (Å²) in [5.74, 6) is -4.01. The molecule has 0 fully saturated rings. The van der Waals surface area contributed by atoms with Gasteiger partial charge in [-0.1, -0.05) is 85.0 Å². The van der Waals surface area contributed by atoms with Crippen LogP contribution in [0.3, 0.4) is 0 Å². The normalized spacial score (nSPS) is 11.5. The van der Waals surface area contributed by atoms with Gasteiger partial charge in [0.05, 0.1) is 6.61 Å². The van der Waals surface area contributed by atoms with Crippen molar-refractivity contribution in [2.75, 3.05) is 6.61 Å². The summed E-state index contributed by atoms with van der Waals surface area (Å²) in [5.41, 5.74) is 3.12. The summed E-state index contributed by atoms with van der Waals surface area (Å²) in [6.45, 7) is 3.83. The minimum Gasteiger partial charge on any atom is -0.491 e. The predicted molar refractivity (Wildman–Crippen MR) is 138 cm³/mol. The average Bonchev–Trinajstić information content (AvgIpc) is 2.89. The first kappa shape index (κ1) is 25.0. The molecule has 0 bridgehead atoms. The van der Waals surface area contributed by atoms with Gasteiger partial charge in [0.25, 0.3) is 0 Å². The quantitative estimate of drug-likeness (QED) is 0.186. The smallest absolute Gasteiger partial charge is 0.201 e. The molecule has 5 heteroatoms. The summed E-state index contributed by atoms with van der Waals surface area (Å²) < 4.78 is 63.4. The molecule has 0 aliphatic heterocycles. The maximum atomic E-state index is 14.8. The number of halogens is 4. The van der Waals surface area contributed by atoms with E-state index in [4.69, 9.17) is 4.74 Å². The fourth-order valence-electron chi connectivity index (χ4n) is 3.86. The van der Waals surface area contributed by atoms with Crippen molar-refractivity contribution in [3.63, 3.8) is 0 Å². The highest BCUT2D eigenvalue weighted by Crippen LogP contribution is 2.31. The van der Waals surface area contributed by atoms with Crippen LogP contribution in [0.4, 0.5) is 17.6 Å². The summed E-state index contributed by atoms with van der Waals surface area (Å²) in [5, 5.41) is 0. The van der Waals surface area contributed by atoms with Crippen molar-refractivity contribution in [2.45, 2.75) is 13.8 Å². The van der Waals surface area contributed by atoms with Crippen LogP contribution in [-0.4, -0.2) is 6.61 Å².